The number of carbonyl (C=O) groups is 2. The Bertz CT molecular complexity index is 263. The van der Waals surface area contributed by atoms with Crippen LogP contribution in [-0.2, 0) is 14.3 Å². The van der Waals surface area contributed by atoms with Gasteiger partial charge in [0.2, 0.25) is 0 Å². The van der Waals surface area contributed by atoms with E-state index in [1.165, 1.54) is 13.1 Å². The zero-order valence-corrected chi connectivity index (χ0v) is 7.96. The number of rotatable bonds is 4. The smallest absolute Gasteiger partial charge is 0.397 e. The van der Waals surface area contributed by atoms with Crippen LogP contribution in [0.4, 0.5) is 4.39 Å². The quantitative estimate of drug-likeness (QED) is 0.381. The summed E-state index contributed by atoms with van der Waals surface area (Å²) in [6, 6.07) is 0. The molecule has 0 bridgehead atoms. The fourth-order valence-corrected chi connectivity index (χ4v) is 0.638. The maximum atomic E-state index is 12.1. The molecule has 0 aliphatic rings. The average Bonchev–Trinajstić information content (AvgIpc) is 2.13. The molecular weight excluding hydrogens is 189 g/mol. The predicted octanol–water partition coefficient (Wildman–Crippen LogP) is 0.657. The van der Waals surface area contributed by atoms with Gasteiger partial charge in [0, 0.05) is 13.6 Å². The Balaban J connectivity index is 4.05. The van der Waals surface area contributed by atoms with E-state index in [9.17, 15) is 14.0 Å². The molecule has 0 rings (SSSR count). The number of hydrogen-bond donors (Lipinski definition) is 0. The summed E-state index contributed by atoms with van der Waals surface area (Å²) in [7, 11) is 1.41. The van der Waals surface area contributed by atoms with Crippen LogP contribution in [0.15, 0.2) is 25.1 Å². The molecular formula is C9H12FNO3. The molecule has 0 fully saturated rings. The molecule has 0 aliphatic heterocycles. The SMILES string of the molecule is C=CCN(C)C(=O)C(=O)OCC(=C)F. The molecule has 4 nitrogen and oxygen atoms in total. The number of amides is 1. The lowest BCUT2D eigenvalue weighted by molar-refractivity contribution is -0.158. The van der Waals surface area contributed by atoms with Gasteiger partial charge in [-0.1, -0.05) is 12.7 Å². The fraction of sp³-hybridized carbons (Fsp3) is 0.333. The Labute approximate surface area is 81.6 Å². The van der Waals surface area contributed by atoms with Crippen LogP contribution >= 0.6 is 0 Å². The van der Waals surface area contributed by atoms with Gasteiger partial charge in [-0.2, -0.15) is 0 Å². The third kappa shape index (κ3) is 4.39. The maximum Gasteiger partial charge on any atom is 0.397 e. The first-order chi connectivity index (χ1) is 6.49. The van der Waals surface area contributed by atoms with Gasteiger partial charge in [-0.25, -0.2) is 9.18 Å². The largest absolute Gasteiger partial charge is 0.451 e. The number of halogens is 1. The van der Waals surface area contributed by atoms with Crippen LogP contribution in [0.3, 0.4) is 0 Å². The zero-order chi connectivity index (χ0) is 11.1. The van der Waals surface area contributed by atoms with Crippen molar-refractivity contribution in [3.63, 3.8) is 0 Å². The van der Waals surface area contributed by atoms with Gasteiger partial charge in [-0.3, -0.25) is 4.79 Å². The first-order valence-electron chi connectivity index (χ1n) is 3.85. The maximum absolute atomic E-state index is 12.1. The van der Waals surface area contributed by atoms with Crippen LogP contribution in [0.1, 0.15) is 0 Å². The molecule has 0 unspecified atom stereocenters. The average molecular weight is 201 g/mol. The second-order valence-corrected chi connectivity index (χ2v) is 2.57. The molecule has 0 aromatic rings. The minimum Gasteiger partial charge on any atom is -0.451 e. The third-order valence-electron chi connectivity index (χ3n) is 1.28. The van der Waals surface area contributed by atoms with E-state index in [2.05, 4.69) is 17.9 Å². The summed E-state index contributed by atoms with van der Waals surface area (Å²) < 4.78 is 16.4. The van der Waals surface area contributed by atoms with E-state index in [1.54, 1.807) is 0 Å². The molecule has 0 saturated heterocycles. The fourth-order valence-electron chi connectivity index (χ4n) is 0.638. The molecule has 14 heavy (non-hydrogen) atoms. The number of ether oxygens (including phenoxy) is 1. The summed E-state index contributed by atoms with van der Waals surface area (Å²) in [6.07, 6.45) is 1.46. The second-order valence-electron chi connectivity index (χ2n) is 2.57. The normalized spacial score (nSPS) is 9.00. The highest BCUT2D eigenvalue weighted by Crippen LogP contribution is 1.95. The van der Waals surface area contributed by atoms with E-state index in [0.717, 1.165) is 4.90 Å². The Hall–Kier alpha value is -1.65. The number of carbonyl (C=O) groups excluding carboxylic acids is 2. The summed E-state index contributed by atoms with van der Waals surface area (Å²) in [6.45, 7) is 5.92. The van der Waals surface area contributed by atoms with Crippen LogP contribution in [0.2, 0.25) is 0 Å². The summed E-state index contributed by atoms with van der Waals surface area (Å²) in [5.41, 5.74) is 0. The minimum atomic E-state index is -1.10. The Morgan fingerprint density at radius 2 is 2.14 bits per heavy atom. The van der Waals surface area contributed by atoms with Crippen molar-refractivity contribution in [1.29, 1.82) is 0 Å². The number of likely N-dealkylation sites (N-methyl/N-ethyl adjacent to an activating group) is 1. The molecule has 1 amide bonds. The monoisotopic (exact) mass is 201 g/mol. The van der Waals surface area contributed by atoms with E-state index >= 15 is 0 Å². The molecule has 0 N–H and O–H groups in total. The van der Waals surface area contributed by atoms with Gasteiger partial charge in [-0.05, 0) is 0 Å². The van der Waals surface area contributed by atoms with E-state index < -0.39 is 24.3 Å². The van der Waals surface area contributed by atoms with Crippen molar-refractivity contribution in [2.24, 2.45) is 0 Å². The molecule has 5 heteroatoms. The van der Waals surface area contributed by atoms with E-state index in [4.69, 9.17) is 0 Å². The summed E-state index contributed by atoms with van der Waals surface area (Å²) >= 11 is 0. The lowest BCUT2D eigenvalue weighted by atomic mass is 10.5. The molecule has 0 aromatic carbocycles. The van der Waals surface area contributed by atoms with Gasteiger partial charge >= 0.3 is 11.9 Å². The van der Waals surface area contributed by atoms with Crippen molar-refractivity contribution in [2.75, 3.05) is 20.2 Å². The van der Waals surface area contributed by atoms with Gasteiger partial charge in [0.15, 0.2) is 0 Å². The van der Waals surface area contributed by atoms with Crippen molar-refractivity contribution in [2.45, 2.75) is 0 Å². The molecule has 0 aliphatic carbocycles. The van der Waals surface area contributed by atoms with Crippen LogP contribution in [0.5, 0.6) is 0 Å². The van der Waals surface area contributed by atoms with Crippen LogP contribution in [0, 0.1) is 0 Å². The van der Waals surface area contributed by atoms with Crippen molar-refractivity contribution in [1.82, 2.24) is 4.90 Å². The number of esters is 1. The lowest BCUT2D eigenvalue weighted by Crippen LogP contribution is -2.34. The van der Waals surface area contributed by atoms with Crippen LogP contribution < -0.4 is 0 Å². The molecule has 0 saturated carbocycles. The summed E-state index contributed by atoms with van der Waals surface area (Å²) in [5.74, 6) is -2.75. The first-order valence-corrected chi connectivity index (χ1v) is 3.85. The second kappa shape index (κ2) is 5.90. The molecule has 0 aromatic heterocycles. The molecule has 0 radical (unpaired) electrons. The summed E-state index contributed by atoms with van der Waals surface area (Å²) in [4.78, 5) is 23.1. The Morgan fingerprint density at radius 1 is 1.57 bits per heavy atom. The topological polar surface area (TPSA) is 46.6 Å². The van der Waals surface area contributed by atoms with E-state index in [0.29, 0.717) is 0 Å². The van der Waals surface area contributed by atoms with Crippen LogP contribution in [-0.4, -0.2) is 37.0 Å². The van der Waals surface area contributed by atoms with Crippen LogP contribution in [0.25, 0.3) is 0 Å². The number of nitrogens with zero attached hydrogens (tertiary/aromatic N) is 1. The molecule has 0 heterocycles. The Kier molecular flexibility index (Phi) is 5.21. The highest BCUT2D eigenvalue weighted by molar-refractivity contribution is 6.32. The van der Waals surface area contributed by atoms with Gasteiger partial charge < -0.3 is 9.64 Å². The van der Waals surface area contributed by atoms with Gasteiger partial charge in [0.05, 0.1) is 0 Å². The highest BCUT2D eigenvalue weighted by Gasteiger charge is 2.19. The molecule has 78 valence electrons. The van der Waals surface area contributed by atoms with E-state index in [-0.39, 0.29) is 6.54 Å². The standard InChI is InChI=1S/C9H12FNO3/c1-4-5-11(3)8(12)9(13)14-6-7(2)10/h4H,1-2,5-6H2,3H3. The molecule has 0 atom stereocenters. The summed E-state index contributed by atoms with van der Waals surface area (Å²) in [5, 5.41) is 0. The third-order valence-corrected chi connectivity index (χ3v) is 1.28. The zero-order valence-electron chi connectivity index (χ0n) is 7.96. The van der Waals surface area contributed by atoms with Gasteiger partial charge in [0.1, 0.15) is 12.4 Å². The minimum absolute atomic E-state index is 0.227. The van der Waals surface area contributed by atoms with E-state index in [1.807, 2.05) is 0 Å². The lowest BCUT2D eigenvalue weighted by Gasteiger charge is -2.12. The van der Waals surface area contributed by atoms with Gasteiger partial charge in [-0.15, -0.1) is 6.58 Å². The first kappa shape index (κ1) is 12.3. The van der Waals surface area contributed by atoms with Crippen molar-refractivity contribution in [3.8, 4) is 0 Å². The Morgan fingerprint density at radius 3 is 2.57 bits per heavy atom. The van der Waals surface area contributed by atoms with Crippen molar-refractivity contribution < 1.29 is 18.7 Å². The van der Waals surface area contributed by atoms with Crippen molar-refractivity contribution >= 4 is 11.9 Å². The number of hydrogen-bond acceptors (Lipinski definition) is 3. The highest BCUT2D eigenvalue weighted by atomic mass is 19.1. The van der Waals surface area contributed by atoms with Gasteiger partial charge in [0.25, 0.3) is 0 Å². The molecule has 0 spiro atoms. The van der Waals surface area contributed by atoms with Crippen molar-refractivity contribution in [3.05, 3.63) is 25.1 Å². The predicted molar refractivity (Wildman–Crippen MR) is 49.0 cm³/mol.